The summed E-state index contributed by atoms with van der Waals surface area (Å²) in [6, 6.07) is 4.34. The van der Waals surface area contributed by atoms with E-state index in [4.69, 9.17) is 4.99 Å². The Labute approximate surface area is 212 Å². The highest BCUT2D eigenvalue weighted by atomic mass is 127. The van der Waals surface area contributed by atoms with E-state index in [1.807, 2.05) is 11.3 Å². The van der Waals surface area contributed by atoms with Gasteiger partial charge in [-0.05, 0) is 43.0 Å². The fourth-order valence-electron chi connectivity index (χ4n) is 3.64. The number of halogens is 1. The Bertz CT molecular complexity index is 784. The summed E-state index contributed by atoms with van der Waals surface area (Å²) >= 11 is 3.49. The number of hydrogen-bond acceptors (Lipinski definition) is 6. The van der Waals surface area contributed by atoms with E-state index in [9.17, 15) is 0 Å². The molecule has 3 rings (SSSR count). The van der Waals surface area contributed by atoms with Gasteiger partial charge in [0.2, 0.25) is 0 Å². The third kappa shape index (κ3) is 7.52. The van der Waals surface area contributed by atoms with E-state index >= 15 is 0 Å². The van der Waals surface area contributed by atoms with Crippen LogP contribution in [-0.2, 0) is 13.0 Å². The van der Waals surface area contributed by atoms with E-state index in [2.05, 4.69) is 74.4 Å². The minimum atomic E-state index is 0. The van der Waals surface area contributed by atoms with Crippen molar-refractivity contribution in [2.45, 2.75) is 45.3 Å². The van der Waals surface area contributed by atoms with Crippen LogP contribution in [0.1, 0.15) is 33.0 Å². The van der Waals surface area contributed by atoms with Crippen molar-refractivity contribution in [3.8, 4) is 0 Å². The Hall–Kier alpha value is -1.01. The molecule has 1 aliphatic heterocycles. The Morgan fingerprint density at radius 3 is 2.65 bits per heavy atom. The SMILES string of the molecule is CCNC(=NCCCc1nnc(SC)n1CC(C)C)N1CCN(c2cccs2)CC1.I. The molecule has 31 heavy (non-hydrogen) atoms. The smallest absolute Gasteiger partial charge is 0.194 e. The number of anilines is 1. The van der Waals surface area contributed by atoms with E-state index in [1.165, 1.54) is 5.00 Å². The molecule has 1 aliphatic rings. The van der Waals surface area contributed by atoms with Crippen molar-refractivity contribution in [3.63, 3.8) is 0 Å². The van der Waals surface area contributed by atoms with Gasteiger partial charge in [0.15, 0.2) is 11.1 Å². The number of thioether (sulfide) groups is 1. The van der Waals surface area contributed by atoms with Crippen molar-refractivity contribution in [2.75, 3.05) is 50.4 Å². The summed E-state index contributed by atoms with van der Waals surface area (Å²) in [5, 5.41) is 16.8. The average Bonchev–Trinajstić information content (AvgIpc) is 3.40. The number of guanidine groups is 1. The highest BCUT2D eigenvalue weighted by molar-refractivity contribution is 14.0. The van der Waals surface area contributed by atoms with Crippen LogP contribution in [0, 0.1) is 5.92 Å². The van der Waals surface area contributed by atoms with Crippen LogP contribution >= 0.6 is 47.1 Å². The van der Waals surface area contributed by atoms with E-state index in [1.54, 1.807) is 11.8 Å². The van der Waals surface area contributed by atoms with Crippen LogP contribution in [0.2, 0.25) is 0 Å². The summed E-state index contributed by atoms with van der Waals surface area (Å²) in [4.78, 5) is 9.77. The highest BCUT2D eigenvalue weighted by Crippen LogP contribution is 2.22. The summed E-state index contributed by atoms with van der Waals surface area (Å²) in [7, 11) is 0. The van der Waals surface area contributed by atoms with Gasteiger partial charge in [0.1, 0.15) is 5.82 Å². The highest BCUT2D eigenvalue weighted by Gasteiger charge is 2.20. The van der Waals surface area contributed by atoms with Gasteiger partial charge in [-0.15, -0.1) is 45.5 Å². The molecular weight excluding hydrogens is 541 g/mol. The molecule has 1 saturated heterocycles. The van der Waals surface area contributed by atoms with Gasteiger partial charge in [-0.2, -0.15) is 0 Å². The zero-order chi connectivity index (χ0) is 21.3. The third-order valence-electron chi connectivity index (χ3n) is 5.08. The summed E-state index contributed by atoms with van der Waals surface area (Å²) in [5.74, 6) is 2.70. The second-order valence-corrected chi connectivity index (χ2v) is 9.57. The van der Waals surface area contributed by atoms with Crippen molar-refractivity contribution in [1.82, 2.24) is 25.0 Å². The van der Waals surface area contributed by atoms with E-state index in [0.29, 0.717) is 5.92 Å². The number of thiophene rings is 1. The van der Waals surface area contributed by atoms with Crippen LogP contribution < -0.4 is 10.2 Å². The van der Waals surface area contributed by atoms with Crippen molar-refractivity contribution in [1.29, 1.82) is 0 Å². The van der Waals surface area contributed by atoms with Crippen molar-refractivity contribution in [2.24, 2.45) is 10.9 Å². The molecule has 0 atom stereocenters. The maximum Gasteiger partial charge on any atom is 0.194 e. The maximum absolute atomic E-state index is 4.91. The van der Waals surface area contributed by atoms with Crippen LogP contribution in [-0.4, -0.2) is 71.1 Å². The number of aryl methyl sites for hydroxylation is 1. The predicted octanol–water partition coefficient (Wildman–Crippen LogP) is 4.06. The Kier molecular flexibility index (Phi) is 11.4. The molecule has 0 radical (unpaired) electrons. The molecule has 2 aromatic rings. The monoisotopic (exact) mass is 577 g/mol. The van der Waals surface area contributed by atoms with Gasteiger partial charge in [-0.3, -0.25) is 4.99 Å². The summed E-state index contributed by atoms with van der Waals surface area (Å²) in [6.07, 6.45) is 3.96. The first-order valence-electron chi connectivity index (χ1n) is 10.9. The van der Waals surface area contributed by atoms with E-state index in [0.717, 1.165) is 75.6 Å². The first kappa shape index (κ1) is 26.2. The number of hydrogen-bond donors (Lipinski definition) is 1. The number of nitrogens with one attached hydrogen (secondary N) is 1. The van der Waals surface area contributed by atoms with Gasteiger partial charge in [0.25, 0.3) is 0 Å². The summed E-state index contributed by atoms with van der Waals surface area (Å²) in [5.41, 5.74) is 0. The van der Waals surface area contributed by atoms with Gasteiger partial charge >= 0.3 is 0 Å². The lowest BCUT2D eigenvalue weighted by atomic mass is 10.2. The summed E-state index contributed by atoms with van der Waals surface area (Å²) < 4.78 is 2.27. The molecule has 1 N–H and O–H groups in total. The standard InChI is InChI=1S/C21H35N7S2.HI/c1-5-22-20(27-13-11-26(12-14-27)19-9-7-15-30-19)23-10-6-8-18-24-25-21(29-4)28(18)16-17(2)3;/h7,9,15,17H,5-6,8,10-14,16H2,1-4H3,(H,22,23);1H. The first-order valence-corrected chi connectivity index (χ1v) is 13.0. The lowest BCUT2D eigenvalue weighted by Crippen LogP contribution is -2.52. The van der Waals surface area contributed by atoms with Crippen LogP contribution in [0.25, 0.3) is 0 Å². The van der Waals surface area contributed by atoms with Crippen LogP contribution in [0.5, 0.6) is 0 Å². The molecule has 0 spiro atoms. The molecule has 1 fully saturated rings. The van der Waals surface area contributed by atoms with Gasteiger partial charge in [-0.1, -0.05) is 25.6 Å². The number of aliphatic imine (C=N–C) groups is 1. The quantitative estimate of drug-likeness (QED) is 0.160. The van der Waals surface area contributed by atoms with Crippen molar-refractivity contribution >= 4 is 58.0 Å². The number of nitrogens with zero attached hydrogens (tertiary/aromatic N) is 6. The second-order valence-electron chi connectivity index (χ2n) is 7.87. The molecule has 0 amide bonds. The average molecular weight is 578 g/mol. The minimum absolute atomic E-state index is 0. The molecule has 10 heteroatoms. The number of piperazine rings is 1. The molecule has 174 valence electrons. The maximum atomic E-state index is 4.91. The molecule has 3 heterocycles. The van der Waals surface area contributed by atoms with Crippen LogP contribution in [0.3, 0.4) is 0 Å². The fraction of sp³-hybridized carbons (Fsp3) is 0.667. The third-order valence-corrected chi connectivity index (χ3v) is 6.67. The molecule has 0 saturated carbocycles. The molecule has 2 aromatic heterocycles. The first-order chi connectivity index (χ1) is 14.6. The van der Waals surface area contributed by atoms with Gasteiger partial charge in [0, 0.05) is 52.2 Å². The van der Waals surface area contributed by atoms with Crippen molar-refractivity contribution < 1.29 is 0 Å². The molecule has 0 bridgehead atoms. The largest absolute Gasteiger partial charge is 0.360 e. The van der Waals surface area contributed by atoms with Gasteiger partial charge in [0.05, 0.1) is 5.00 Å². The normalized spacial score (nSPS) is 14.8. The van der Waals surface area contributed by atoms with E-state index < -0.39 is 0 Å². The lowest BCUT2D eigenvalue weighted by Gasteiger charge is -2.37. The molecule has 0 aromatic carbocycles. The Balaban J connectivity index is 0.00000341. The summed E-state index contributed by atoms with van der Waals surface area (Å²) in [6.45, 7) is 13.4. The van der Waals surface area contributed by atoms with Crippen molar-refractivity contribution in [3.05, 3.63) is 23.3 Å². The minimum Gasteiger partial charge on any atom is -0.360 e. The van der Waals surface area contributed by atoms with Crippen LogP contribution in [0.15, 0.2) is 27.7 Å². The molecule has 0 aliphatic carbocycles. The Morgan fingerprint density at radius 1 is 1.26 bits per heavy atom. The van der Waals surface area contributed by atoms with E-state index in [-0.39, 0.29) is 24.0 Å². The van der Waals surface area contributed by atoms with Crippen LogP contribution in [0.4, 0.5) is 5.00 Å². The number of rotatable bonds is 9. The fourth-order valence-corrected chi connectivity index (χ4v) is 4.95. The zero-order valence-corrected chi connectivity index (χ0v) is 23.0. The predicted molar refractivity (Wildman–Crippen MR) is 144 cm³/mol. The topological polar surface area (TPSA) is 61.6 Å². The zero-order valence-electron chi connectivity index (χ0n) is 19.1. The van der Waals surface area contributed by atoms with Gasteiger partial charge in [-0.25, -0.2) is 0 Å². The second kappa shape index (κ2) is 13.5. The molecule has 0 unspecified atom stereocenters. The van der Waals surface area contributed by atoms with Gasteiger partial charge < -0.3 is 19.7 Å². The lowest BCUT2D eigenvalue weighted by molar-refractivity contribution is 0.373. The molecular formula is C21H36IN7S2. The molecule has 7 nitrogen and oxygen atoms in total. The number of aromatic nitrogens is 3. The Morgan fingerprint density at radius 2 is 2.03 bits per heavy atom.